The molecule has 1 heterocycles. The fourth-order valence-corrected chi connectivity index (χ4v) is 11.0. The molecule has 0 amide bonds. The molecule has 0 unspecified atom stereocenters. The molecule has 41 heavy (non-hydrogen) atoms. The van der Waals surface area contributed by atoms with Crippen LogP contribution in [0.1, 0.15) is 66.2 Å². The van der Waals surface area contributed by atoms with Gasteiger partial charge in [-0.2, -0.15) is 0 Å². The van der Waals surface area contributed by atoms with E-state index in [0.29, 0.717) is 12.8 Å². The van der Waals surface area contributed by atoms with Crippen LogP contribution in [0.3, 0.4) is 0 Å². The van der Waals surface area contributed by atoms with Crippen LogP contribution in [-0.2, 0) is 13.9 Å². The van der Waals surface area contributed by atoms with Gasteiger partial charge in [0.15, 0.2) is 6.29 Å². The molecule has 5 nitrogen and oxygen atoms in total. The Labute approximate surface area is 247 Å². The monoisotopic (exact) mass is 576 g/mol. The van der Waals surface area contributed by atoms with Crippen molar-refractivity contribution in [1.29, 1.82) is 0 Å². The van der Waals surface area contributed by atoms with Gasteiger partial charge >= 0.3 is 0 Å². The maximum absolute atomic E-state index is 11.0. The Morgan fingerprint density at radius 1 is 0.829 bits per heavy atom. The highest BCUT2D eigenvalue weighted by Gasteiger charge is 2.51. The average Bonchev–Trinajstić information content (AvgIpc) is 2.99. The SMILES string of the molecule is C[C@H]([C@H](O)[C@H](C)CO)[C@@H]1C[C@H](C[C@@H](C)O[Si](c2ccccc2)(c2ccccc2)C(C)(C)C)O[C@H](c2ccccc2)O1. The van der Waals surface area contributed by atoms with Crippen LogP contribution in [0.2, 0.25) is 5.04 Å². The zero-order chi connectivity index (χ0) is 29.6. The first-order chi connectivity index (χ1) is 19.6. The molecule has 1 aliphatic rings. The van der Waals surface area contributed by atoms with E-state index in [0.717, 1.165) is 5.56 Å². The predicted molar refractivity (Wildman–Crippen MR) is 168 cm³/mol. The molecule has 4 rings (SSSR count). The van der Waals surface area contributed by atoms with Gasteiger partial charge in [0, 0.05) is 36.5 Å². The van der Waals surface area contributed by atoms with Gasteiger partial charge in [-0.3, -0.25) is 0 Å². The summed E-state index contributed by atoms with van der Waals surface area (Å²) in [5.74, 6) is -0.398. The van der Waals surface area contributed by atoms with Gasteiger partial charge in [-0.25, -0.2) is 0 Å². The van der Waals surface area contributed by atoms with Crippen LogP contribution in [0.4, 0.5) is 0 Å². The third-order valence-electron chi connectivity index (χ3n) is 8.57. The summed E-state index contributed by atoms with van der Waals surface area (Å²) in [6.45, 7) is 12.9. The summed E-state index contributed by atoms with van der Waals surface area (Å²) in [4.78, 5) is 0. The number of rotatable bonds is 11. The first-order valence-electron chi connectivity index (χ1n) is 15.0. The van der Waals surface area contributed by atoms with E-state index in [1.165, 1.54) is 10.4 Å². The standard InChI is InChI=1S/C35H48O5Si/c1-25(24-36)33(37)27(3)32-23-29(38-34(39-32)28-16-10-7-11-17-28)22-26(2)40-41(35(4,5)6,30-18-12-8-13-19-30)31-20-14-9-15-21-31/h7-21,25-27,29,32-34,36-37H,22-24H2,1-6H3/t25-,26-,27+,29+,32+,33-,34+/m1/s1. The van der Waals surface area contributed by atoms with Gasteiger partial charge in [-0.05, 0) is 28.8 Å². The molecule has 3 aromatic rings. The maximum atomic E-state index is 11.0. The Bertz CT molecular complexity index is 1140. The molecule has 2 N–H and O–H groups in total. The normalized spacial score (nSPS) is 23.0. The third kappa shape index (κ3) is 7.19. The van der Waals surface area contributed by atoms with Crippen LogP contribution < -0.4 is 10.4 Å². The van der Waals surface area contributed by atoms with Crippen LogP contribution in [0.25, 0.3) is 0 Å². The summed E-state index contributed by atoms with van der Waals surface area (Å²) >= 11 is 0. The molecule has 1 saturated heterocycles. The van der Waals surface area contributed by atoms with Gasteiger partial charge in [-0.1, -0.05) is 126 Å². The summed E-state index contributed by atoms with van der Waals surface area (Å²) in [5.41, 5.74) is 0.958. The highest BCUT2D eigenvalue weighted by molar-refractivity contribution is 6.99. The zero-order valence-electron chi connectivity index (χ0n) is 25.4. The van der Waals surface area contributed by atoms with E-state index in [1.807, 2.05) is 44.2 Å². The lowest BCUT2D eigenvalue weighted by atomic mass is 9.86. The Hall–Kier alpha value is -2.32. The molecule has 1 aliphatic heterocycles. The van der Waals surface area contributed by atoms with Crippen molar-refractivity contribution in [3.63, 3.8) is 0 Å². The van der Waals surface area contributed by atoms with Gasteiger partial charge in [0.25, 0.3) is 8.32 Å². The fourth-order valence-electron chi connectivity index (χ4n) is 6.25. The second kappa shape index (κ2) is 13.8. The van der Waals surface area contributed by atoms with E-state index in [2.05, 4.69) is 88.4 Å². The number of hydrogen-bond acceptors (Lipinski definition) is 5. The molecule has 0 aromatic heterocycles. The molecule has 1 fully saturated rings. The minimum Gasteiger partial charge on any atom is -0.405 e. The van der Waals surface area contributed by atoms with Crippen molar-refractivity contribution in [3.05, 3.63) is 96.6 Å². The smallest absolute Gasteiger partial charge is 0.261 e. The first-order valence-corrected chi connectivity index (χ1v) is 16.9. The van der Waals surface area contributed by atoms with Crippen molar-refractivity contribution >= 4 is 18.7 Å². The van der Waals surface area contributed by atoms with E-state index < -0.39 is 20.7 Å². The Kier molecular flexibility index (Phi) is 10.6. The van der Waals surface area contributed by atoms with Crippen molar-refractivity contribution in [2.45, 2.75) is 90.1 Å². The van der Waals surface area contributed by atoms with E-state index in [1.54, 1.807) is 0 Å². The quantitative estimate of drug-likeness (QED) is 0.281. The summed E-state index contributed by atoms with van der Waals surface area (Å²) in [6.07, 6.45) is -0.280. The molecular weight excluding hydrogens is 528 g/mol. The molecule has 222 valence electrons. The second-order valence-electron chi connectivity index (χ2n) is 12.7. The van der Waals surface area contributed by atoms with E-state index in [4.69, 9.17) is 13.9 Å². The minimum absolute atomic E-state index is 0.0658. The molecule has 0 spiro atoms. The van der Waals surface area contributed by atoms with Crippen molar-refractivity contribution in [1.82, 2.24) is 0 Å². The topological polar surface area (TPSA) is 68.2 Å². The highest BCUT2D eigenvalue weighted by Crippen LogP contribution is 2.40. The number of ether oxygens (including phenoxy) is 2. The molecule has 6 heteroatoms. The van der Waals surface area contributed by atoms with Crippen molar-refractivity contribution in [2.75, 3.05) is 6.61 Å². The van der Waals surface area contributed by atoms with E-state index in [9.17, 15) is 10.2 Å². The molecule has 3 aromatic carbocycles. The van der Waals surface area contributed by atoms with Crippen LogP contribution in [0, 0.1) is 11.8 Å². The van der Waals surface area contributed by atoms with Crippen molar-refractivity contribution in [2.24, 2.45) is 11.8 Å². The largest absolute Gasteiger partial charge is 0.405 e. The van der Waals surface area contributed by atoms with E-state index >= 15 is 0 Å². The number of aliphatic hydroxyl groups excluding tert-OH is 2. The first kappa shape index (κ1) is 31.6. The summed E-state index contributed by atoms with van der Waals surface area (Å²) in [5, 5.41) is 23.0. The van der Waals surface area contributed by atoms with Crippen molar-refractivity contribution < 1.29 is 24.1 Å². The van der Waals surface area contributed by atoms with Crippen molar-refractivity contribution in [3.8, 4) is 0 Å². The van der Waals surface area contributed by atoms with E-state index in [-0.39, 0.29) is 41.8 Å². The fraction of sp³-hybridized carbons (Fsp3) is 0.486. The number of benzene rings is 3. The Morgan fingerprint density at radius 3 is 1.83 bits per heavy atom. The number of hydrogen-bond donors (Lipinski definition) is 2. The van der Waals surface area contributed by atoms with Crippen LogP contribution in [0.5, 0.6) is 0 Å². The van der Waals surface area contributed by atoms with Gasteiger partial charge in [0.1, 0.15) is 0 Å². The summed E-state index contributed by atoms with van der Waals surface area (Å²) in [7, 11) is -2.71. The minimum atomic E-state index is -2.71. The predicted octanol–water partition coefficient (Wildman–Crippen LogP) is 5.84. The molecular formula is C35H48O5Si. The lowest BCUT2D eigenvalue weighted by Crippen LogP contribution is -2.67. The van der Waals surface area contributed by atoms with Gasteiger partial charge < -0.3 is 24.1 Å². The van der Waals surface area contributed by atoms with Gasteiger partial charge in [0.05, 0.1) is 18.3 Å². The van der Waals surface area contributed by atoms with Crippen LogP contribution >= 0.6 is 0 Å². The summed E-state index contributed by atoms with van der Waals surface area (Å²) in [6, 6.07) is 31.4. The summed E-state index contributed by atoms with van der Waals surface area (Å²) < 4.78 is 20.4. The van der Waals surface area contributed by atoms with Gasteiger partial charge in [-0.15, -0.1) is 0 Å². The van der Waals surface area contributed by atoms with Crippen LogP contribution in [0.15, 0.2) is 91.0 Å². The average molecular weight is 577 g/mol. The third-order valence-corrected chi connectivity index (χ3v) is 13.7. The second-order valence-corrected chi connectivity index (χ2v) is 17.0. The zero-order valence-corrected chi connectivity index (χ0v) is 26.4. The number of aliphatic hydroxyl groups is 2. The highest BCUT2D eigenvalue weighted by atomic mass is 28.4. The van der Waals surface area contributed by atoms with Crippen LogP contribution in [-0.4, -0.2) is 49.6 Å². The Balaban J connectivity index is 1.63. The molecule has 0 radical (unpaired) electrons. The Morgan fingerprint density at radius 2 is 1.34 bits per heavy atom. The molecule has 0 bridgehead atoms. The molecule has 0 aliphatic carbocycles. The molecule has 0 saturated carbocycles. The molecule has 7 atom stereocenters. The lowest BCUT2D eigenvalue weighted by molar-refractivity contribution is -0.267. The lowest BCUT2D eigenvalue weighted by Gasteiger charge is -2.46. The van der Waals surface area contributed by atoms with Gasteiger partial charge in [0.2, 0.25) is 0 Å². The maximum Gasteiger partial charge on any atom is 0.261 e.